The molecular formula is C17H25N3O. The van der Waals surface area contributed by atoms with Gasteiger partial charge < -0.3 is 15.5 Å². The second-order valence-electron chi connectivity index (χ2n) is 6.05. The van der Waals surface area contributed by atoms with Gasteiger partial charge in [0.25, 0.3) is 0 Å². The minimum Gasteiger partial charge on any atom is -0.368 e. The smallest absolute Gasteiger partial charge is 0.246 e. The van der Waals surface area contributed by atoms with E-state index in [1.807, 2.05) is 0 Å². The molecular weight excluding hydrogens is 262 g/mol. The molecule has 3 rings (SSSR count). The number of nitrogens with one attached hydrogen (secondary N) is 2. The minimum atomic E-state index is -0.186. The molecule has 2 aliphatic heterocycles. The van der Waals surface area contributed by atoms with Gasteiger partial charge in [0, 0.05) is 29.5 Å². The van der Waals surface area contributed by atoms with Crippen LogP contribution in [0.2, 0.25) is 0 Å². The van der Waals surface area contributed by atoms with E-state index in [0.717, 1.165) is 30.8 Å². The standard InChI is InChI=1S/C17H25N3O/c1-3-9-18-16-14-8-7-13(11-15(14)19-17(16)21)20-10-5-6-12(20)4-2/h7-8,11-12,16,18H,3-6,9-10H2,1-2H3,(H,19,21). The van der Waals surface area contributed by atoms with E-state index in [9.17, 15) is 4.79 Å². The predicted molar refractivity (Wildman–Crippen MR) is 86.8 cm³/mol. The van der Waals surface area contributed by atoms with Crippen LogP contribution in [0, 0.1) is 0 Å². The van der Waals surface area contributed by atoms with Gasteiger partial charge in [0.15, 0.2) is 0 Å². The summed E-state index contributed by atoms with van der Waals surface area (Å²) in [5, 5.41) is 6.35. The highest BCUT2D eigenvalue weighted by Crippen LogP contribution is 2.36. The number of amides is 1. The first-order valence-corrected chi connectivity index (χ1v) is 8.19. The first-order valence-electron chi connectivity index (χ1n) is 8.19. The van der Waals surface area contributed by atoms with E-state index in [2.05, 4.69) is 47.6 Å². The molecule has 2 atom stereocenters. The normalized spacial score (nSPS) is 24.3. The van der Waals surface area contributed by atoms with Gasteiger partial charge in [-0.15, -0.1) is 0 Å². The number of hydrogen-bond acceptors (Lipinski definition) is 3. The van der Waals surface area contributed by atoms with E-state index in [-0.39, 0.29) is 11.9 Å². The van der Waals surface area contributed by atoms with Crippen molar-refractivity contribution in [2.45, 2.75) is 51.6 Å². The molecule has 2 N–H and O–H groups in total. The Morgan fingerprint density at radius 2 is 2.24 bits per heavy atom. The Labute approximate surface area is 126 Å². The van der Waals surface area contributed by atoms with Crippen LogP contribution in [0.5, 0.6) is 0 Å². The molecule has 0 aromatic heterocycles. The van der Waals surface area contributed by atoms with E-state index in [4.69, 9.17) is 0 Å². The van der Waals surface area contributed by atoms with Crippen LogP contribution in [-0.4, -0.2) is 25.0 Å². The predicted octanol–water partition coefficient (Wildman–Crippen LogP) is 3.06. The zero-order valence-corrected chi connectivity index (χ0v) is 13.0. The Morgan fingerprint density at radius 1 is 1.38 bits per heavy atom. The number of anilines is 2. The van der Waals surface area contributed by atoms with E-state index >= 15 is 0 Å². The second-order valence-corrected chi connectivity index (χ2v) is 6.05. The number of nitrogens with zero attached hydrogens (tertiary/aromatic N) is 1. The Bertz CT molecular complexity index is 529. The molecule has 114 valence electrons. The van der Waals surface area contributed by atoms with Crippen molar-refractivity contribution in [1.29, 1.82) is 0 Å². The summed E-state index contributed by atoms with van der Waals surface area (Å²) in [6.07, 6.45) is 4.76. The van der Waals surface area contributed by atoms with E-state index in [0.29, 0.717) is 6.04 Å². The fourth-order valence-electron chi connectivity index (χ4n) is 3.52. The average molecular weight is 287 g/mol. The first-order chi connectivity index (χ1) is 10.2. The Hall–Kier alpha value is -1.55. The van der Waals surface area contributed by atoms with Crippen molar-refractivity contribution in [3.05, 3.63) is 23.8 Å². The highest BCUT2D eigenvalue weighted by molar-refractivity contribution is 6.03. The number of carbonyl (C=O) groups is 1. The molecule has 2 heterocycles. The maximum Gasteiger partial charge on any atom is 0.246 e. The zero-order valence-electron chi connectivity index (χ0n) is 13.0. The summed E-state index contributed by atoms with van der Waals surface area (Å²) < 4.78 is 0. The lowest BCUT2D eigenvalue weighted by atomic mass is 10.1. The van der Waals surface area contributed by atoms with Crippen LogP contribution in [0.3, 0.4) is 0 Å². The summed E-state index contributed by atoms with van der Waals surface area (Å²) in [5.41, 5.74) is 3.31. The van der Waals surface area contributed by atoms with Gasteiger partial charge in [0.1, 0.15) is 6.04 Å². The summed E-state index contributed by atoms with van der Waals surface area (Å²) in [4.78, 5) is 14.6. The van der Waals surface area contributed by atoms with Gasteiger partial charge in [-0.05, 0) is 44.4 Å². The molecule has 4 heteroatoms. The van der Waals surface area contributed by atoms with Crippen molar-refractivity contribution in [1.82, 2.24) is 5.32 Å². The minimum absolute atomic E-state index is 0.0732. The second kappa shape index (κ2) is 6.06. The van der Waals surface area contributed by atoms with Crippen molar-refractivity contribution in [2.75, 3.05) is 23.3 Å². The van der Waals surface area contributed by atoms with Crippen molar-refractivity contribution >= 4 is 17.3 Å². The van der Waals surface area contributed by atoms with Crippen LogP contribution in [0.1, 0.15) is 51.1 Å². The van der Waals surface area contributed by atoms with E-state index in [1.54, 1.807) is 0 Å². The number of fused-ring (bicyclic) bond motifs is 1. The molecule has 4 nitrogen and oxygen atoms in total. The van der Waals surface area contributed by atoms with Crippen molar-refractivity contribution in [2.24, 2.45) is 0 Å². The molecule has 0 saturated carbocycles. The fraction of sp³-hybridized carbons (Fsp3) is 0.588. The van der Waals surface area contributed by atoms with Crippen molar-refractivity contribution in [3.63, 3.8) is 0 Å². The molecule has 1 aromatic carbocycles. The van der Waals surface area contributed by atoms with E-state index in [1.165, 1.54) is 24.9 Å². The number of carbonyl (C=O) groups excluding carboxylic acids is 1. The van der Waals surface area contributed by atoms with Crippen LogP contribution in [0.25, 0.3) is 0 Å². The molecule has 1 saturated heterocycles. The molecule has 0 spiro atoms. The SMILES string of the molecule is CCCNC1C(=O)Nc2cc(N3CCCC3CC)ccc21. The van der Waals surface area contributed by atoms with E-state index < -0.39 is 0 Å². The van der Waals surface area contributed by atoms with Gasteiger partial charge in [-0.3, -0.25) is 4.79 Å². The molecule has 0 bridgehead atoms. The topological polar surface area (TPSA) is 44.4 Å². The zero-order chi connectivity index (χ0) is 14.8. The van der Waals surface area contributed by atoms with Crippen molar-refractivity contribution in [3.8, 4) is 0 Å². The van der Waals surface area contributed by atoms with Crippen LogP contribution >= 0.6 is 0 Å². The molecule has 0 radical (unpaired) electrons. The molecule has 2 aliphatic rings. The Kier molecular flexibility index (Phi) is 4.15. The third-order valence-corrected chi connectivity index (χ3v) is 4.65. The largest absolute Gasteiger partial charge is 0.368 e. The van der Waals surface area contributed by atoms with Crippen LogP contribution in [0.15, 0.2) is 18.2 Å². The summed E-state index contributed by atoms with van der Waals surface area (Å²) in [6.45, 7) is 6.36. The molecule has 1 aromatic rings. The fourth-order valence-corrected chi connectivity index (χ4v) is 3.52. The van der Waals surface area contributed by atoms with Gasteiger partial charge in [0.05, 0.1) is 0 Å². The summed E-state index contributed by atoms with van der Waals surface area (Å²) in [7, 11) is 0. The van der Waals surface area contributed by atoms with Gasteiger partial charge in [-0.1, -0.05) is 19.9 Å². The van der Waals surface area contributed by atoms with Crippen LogP contribution in [0.4, 0.5) is 11.4 Å². The molecule has 0 aliphatic carbocycles. The summed E-state index contributed by atoms with van der Waals surface area (Å²) >= 11 is 0. The molecule has 2 unspecified atom stereocenters. The van der Waals surface area contributed by atoms with Crippen LogP contribution < -0.4 is 15.5 Å². The highest BCUT2D eigenvalue weighted by atomic mass is 16.2. The monoisotopic (exact) mass is 287 g/mol. The lowest BCUT2D eigenvalue weighted by Crippen LogP contribution is -2.28. The summed E-state index contributed by atoms with van der Waals surface area (Å²) in [5.74, 6) is 0.0732. The Balaban J connectivity index is 1.83. The Morgan fingerprint density at radius 3 is 3.00 bits per heavy atom. The lowest BCUT2D eigenvalue weighted by molar-refractivity contribution is -0.117. The third kappa shape index (κ3) is 2.64. The number of rotatable bonds is 5. The van der Waals surface area contributed by atoms with Gasteiger partial charge in [0.2, 0.25) is 5.91 Å². The number of hydrogen-bond donors (Lipinski definition) is 2. The first kappa shape index (κ1) is 14.4. The third-order valence-electron chi connectivity index (χ3n) is 4.65. The van der Waals surface area contributed by atoms with Gasteiger partial charge in [-0.2, -0.15) is 0 Å². The molecule has 21 heavy (non-hydrogen) atoms. The lowest BCUT2D eigenvalue weighted by Gasteiger charge is -2.26. The maximum atomic E-state index is 12.1. The highest BCUT2D eigenvalue weighted by Gasteiger charge is 2.31. The van der Waals surface area contributed by atoms with Crippen molar-refractivity contribution < 1.29 is 4.79 Å². The average Bonchev–Trinajstić information content (AvgIpc) is 3.08. The number of benzene rings is 1. The van der Waals surface area contributed by atoms with Gasteiger partial charge >= 0.3 is 0 Å². The molecule has 1 fully saturated rings. The van der Waals surface area contributed by atoms with Crippen LogP contribution in [-0.2, 0) is 4.79 Å². The maximum absolute atomic E-state index is 12.1. The molecule has 1 amide bonds. The van der Waals surface area contributed by atoms with Gasteiger partial charge in [-0.25, -0.2) is 0 Å². The quantitative estimate of drug-likeness (QED) is 0.875. The summed E-state index contributed by atoms with van der Waals surface area (Å²) in [6, 6.07) is 6.90.